The Hall–Kier alpha value is -7.54. The van der Waals surface area contributed by atoms with Crippen molar-refractivity contribution < 1.29 is 64.1 Å². The number of nitrogens with two attached hydrogens (primary N) is 3. The molecule has 23 heteroatoms. The fourth-order valence-electron chi connectivity index (χ4n) is 8.72. The van der Waals surface area contributed by atoms with Crippen molar-refractivity contribution in [2.75, 3.05) is 54.0 Å². The summed E-state index contributed by atoms with van der Waals surface area (Å²) in [6, 6.07) is 34.3. The quantitative estimate of drug-likeness (QED) is 0.0207. The number of carboxylic acid groups (broad SMARTS) is 2. The molecule has 456 valence electrons. The molecule has 0 saturated carbocycles. The third-order valence-corrected chi connectivity index (χ3v) is 15.5. The number of anilines is 3. The van der Waals surface area contributed by atoms with Crippen molar-refractivity contribution in [2.45, 2.75) is 121 Å². The Morgan fingerprint density at radius 1 is 0.405 bits per heavy atom. The number of hydrogen-bond donors (Lipinski definition) is 5. The van der Waals surface area contributed by atoms with Gasteiger partial charge in [-0.05, 0) is 119 Å². The van der Waals surface area contributed by atoms with Gasteiger partial charge in [0.15, 0.2) is 23.0 Å². The van der Waals surface area contributed by atoms with E-state index in [0.29, 0.717) is 67.0 Å². The van der Waals surface area contributed by atoms with Gasteiger partial charge in [-0.2, -0.15) is 0 Å². The fraction of sp³-hybridized carbons (Fsp3) is 0.361. The lowest BCUT2D eigenvalue weighted by Crippen LogP contribution is -2.27. The van der Waals surface area contributed by atoms with Crippen LogP contribution in [-0.4, -0.2) is 92.5 Å². The van der Waals surface area contributed by atoms with E-state index < -0.39 is 42.0 Å². The number of primary sulfonamides is 3. The van der Waals surface area contributed by atoms with Gasteiger partial charge in [-0.1, -0.05) is 115 Å². The Kier molecular flexibility index (Phi) is 27.2. The molecular weight excluding hydrogens is 1140 g/mol. The lowest BCUT2D eigenvalue weighted by Gasteiger charge is -2.28. The summed E-state index contributed by atoms with van der Waals surface area (Å²) < 4.78 is 91.4. The van der Waals surface area contributed by atoms with Crippen molar-refractivity contribution in [2.24, 2.45) is 15.4 Å². The molecular formula is C61H80N6O14S3. The summed E-state index contributed by atoms with van der Waals surface area (Å²) in [5.74, 6) is -1.10. The Balaban J connectivity index is 0.000000270. The molecule has 0 bridgehead atoms. The number of carboxylic acids is 2. The number of rotatable bonds is 30. The highest BCUT2D eigenvalue weighted by Gasteiger charge is 2.29. The molecule has 0 saturated heterocycles. The lowest BCUT2D eigenvalue weighted by atomic mass is 10.1. The smallest absolute Gasteiger partial charge is 0.335 e. The number of benzene rings is 6. The zero-order chi connectivity index (χ0) is 62.2. The average molecular weight is 1220 g/mol. The normalized spacial score (nSPS) is 11.3. The van der Waals surface area contributed by atoms with Gasteiger partial charge in [0.25, 0.3) is 0 Å². The number of ketones is 1. The van der Waals surface area contributed by atoms with E-state index in [0.717, 1.165) is 76.5 Å². The molecule has 0 spiro atoms. The number of nitrogens with zero attached hydrogens (tertiary/aromatic N) is 3. The predicted octanol–water partition coefficient (Wildman–Crippen LogP) is 12.0. The van der Waals surface area contributed by atoms with Crippen molar-refractivity contribution in [1.29, 1.82) is 0 Å². The topological polar surface area (TPSA) is 310 Å². The minimum Gasteiger partial charge on any atom is -0.478 e. The molecule has 6 rings (SSSR count). The average Bonchev–Trinajstić information content (AvgIpc) is 1.57. The molecule has 0 fully saturated rings. The number of Topliss-reactive ketones (excluding diaryl/α,β-unsaturated/α-hetero) is 1. The summed E-state index contributed by atoms with van der Waals surface area (Å²) in [5.41, 5.74) is 1.33. The Morgan fingerprint density at radius 2 is 0.714 bits per heavy atom. The van der Waals surface area contributed by atoms with Crippen molar-refractivity contribution in [1.82, 2.24) is 0 Å². The lowest BCUT2D eigenvalue weighted by molar-refractivity contribution is 0.0685. The van der Waals surface area contributed by atoms with Gasteiger partial charge in [0.2, 0.25) is 30.1 Å². The molecule has 0 aromatic heterocycles. The van der Waals surface area contributed by atoms with Crippen LogP contribution in [0.25, 0.3) is 0 Å². The minimum atomic E-state index is -4.22. The van der Waals surface area contributed by atoms with E-state index in [1.807, 2.05) is 55.7 Å². The van der Waals surface area contributed by atoms with Crippen molar-refractivity contribution in [3.63, 3.8) is 0 Å². The van der Waals surface area contributed by atoms with E-state index in [2.05, 4.69) is 18.7 Å². The van der Waals surface area contributed by atoms with Gasteiger partial charge in [-0.25, -0.2) is 50.3 Å². The Bertz CT molecular complexity index is 3460. The van der Waals surface area contributed by atoms with E-state index in [9.17, 15) is 49.9 Å². The van der Waals surface area contributed by atoms with E-state index in [4.69, 9.17) is 29.6 Å². The second-order valence-electron chi connectivity index (χ2n) is 19.5. The van der Waals surface area contributed by atoms with Crippen LogP contribution in [0.5, 0.6) is 34.5 Å². The highest BCUT2D eigenvalue weighted by atomic mass is 32.2. The first-order chi connectivity index (χ1) is 39.8. The largest absolute Gasteiger partial charge is 0.478 e. The van der Waals surface area contributed by atoms with Crippen LogP contribution >= 0.6 is 0 Å². The third-order valence-electron chi connectivity index (χ3n) is 12.8. The Labute approximate surface area is 495 Å². The van der Waals surface area contributed by atoms with Gasteiger partial charge in [-0.3, -0.25) is 4.79 Å². The number of sulfonamides is 3. The number of para-hydroxylation sites is 3. The molecule has 6 aromatic rings. The molecule has 6 aromatic carbocycles. The molecule has 0 unspecified atom stereocenters. The first kappa shape index (κ1) is 69.0. The molecule has 0 aliphatic heterocycles. The van der Waals surface area contributed by atoms with Gasteiger partial charge in [-0.15, -0.1) is 0 Å². The van der Waals surface area contributed by atoms with Gasteiger partial charge in [0.1, 0.15) is 31.9 Å². The zero-order valence-electron chi connectivity index (χ0n) is 48.8. The van der Waals surface area contributed by atoms with E-state index in [-0.39, 0.29) is 54.4 Å². The molecule has 20 nitrogen and oxygen atoms in total. The van der Waals surface area contributed by atoms with Crippen LogP contribution in [0, 0.1) is 0 Å². The minimum absolute atomic E-state index is 0.0376. The number of hydrogen-bond acceptors (Lipinski definition) is 15. The maximum atomic E-state index is 12.3. The van der Waals surface area contributed by atoms with Crippen LogP contribution in [0.4, 0.5) is 17.1 Å². The van der Waals surface area contributed by atoms with E-state index >= 15 is 0 Å². The standard InChI is InChI=1S/C21H28N2O5S.C21H28N2O4S.C19H24N2O5S/c1-3-5-6-10-13-23(4-2)18-14-16(21(24)25)15-19(29(22,26)27)20(18)28-17-11-8-7-9-12-17;1-4-6-13-23(12-5-2)19-14-17(16(3)24)15-20(28(22,25)26)21(19)27-18-10-8-7-9-11-18;1-3-10-21(11-4-2)16-12-14(19(22)23)13-17(27(20,24)25)18(16)26-15-8-6-5-7-9-15/h7-9,11-12,14-15H,3-6,10,13H2,1-2H3,(H,24,25)(H2,22,26,27);7-11,14-15H,4-6,12-13H2,1-3H3,(H2,22,25,26);5-9,12-13H,3-4,10-11H2,1-2H3,(H,22,23)(H2,20,24,25). The molecule has 0 aliphatic rings. The van der Waals surface area contributed by atoms with Crippen LogP contribution in [0.2, 0.25) is 0 Å². The summed E-state index contributed by atoms with van der Waals surface area (Å²) in [6.45, 7) is 17.4. The van der Waals surface area contributed by atoms with Crippen LogP contribution in [-0.2, 0) is 30.1 Å². The van der Waals surface area contributed by atoms with Crippen LogP contribution in [0.1, 0.15) is 137 Å². The summed E-state index contributed by atoms with van der Waals surface area (Å²) in [6.07, 6.45) is 8.50. The monoisotopic (exact) mass is 1220 g/mol. The first-order valence-electron chi connectivity index (χ1n) is 27.9. The highest BCUT2D eigenvalue weighted by Crippen LogP contribution is 2.43. The van der Waals surface area contributed by atoms with Gasteiger partial charge < -0.3 is 39.1 Å². The van der Waals surface area contributed by atoms with Gasteiger partial charge in [0.05, 0.1) is 28.2 Å². The number of carbonyl (C=O) groups excluding carboxylic acids is 1. The SMILES string of the molecule is CCCCCCN(CC)c1cc(C(=O)O)cc(S(N)(=O)=O)c1Oc1ccccc1.CCCCN(CCC)c1cc(C(C)=O)cc(S(N)(=O)=O)c1Oc1ccccc1.CCCN(CCC)c1cc(C(=O)O)cc(S(N)(=O)=O)c1Oc1ccccc1. The molecule has 0 aliphatic carbocycles. The summed E-state index contributed by atoms with van der Waals surface area (Å²) in [5, 5.41) is 35.2. The van der Waals surface area contributed by atoms with E-state index in [1.54, 1.807) is 78.9 Å². The highest BCUT2D eigenvalue weighted by molar-refractivity contribution is 7.89. The third kappa shape index (κ3) is 20.7. The molecule has 0 amide bonds. The van der Waals surface area contributed by atoms with E-state index in [1.165, 1.54) is 25.1 Å². The maximum absolute atomic E-state index is 12.3. The zero-order valence-corrected chi connectivity index (χ0v) is 51.3. The summed E-state index contributed by atoms with van der Waals surface area (Å²) >= 11 is 0. The molecule has 0 radical (unpaired) electrons. The van der Waals surface area contributed by atoms with Crippen LogP contribution in [0.15, 0.2) is 142 Å². The molecule has 0 atom stereocenters. The molecule has 8 N–H and O–H groups in total. The second-order valence-corrected chi connectivity index (χ2v) is 24.1. The van der Waals surface area contributed by atoms with Crippen LogP contribution < -0.4 is 44.3 Å². The van der Waals surface area contributed by atoms with Gasteiger partial charge in [0, 0.05) is 44.8 Å². The number of ether oxygens (including phenoxy) is 3. The number of unbranched alkanes of at least 4 members (excludes halogenated alkanes) is 4. The Morgan fingerprint density at radius 3 is 1.01 bits per heavy atom. The fourth-order valence-corrected chi connectivity index (χ4v) is 10.8. The predicted molar refractivity (Wildman–Crippen MR) is 329 cm³/mol. The summed E-state index contributed by atoms with van der Waals surface area (Å²) in [7, 11) is -12.5. The van der Waals surface area contributed by atoms with Gasteiger partial charge >= 0.3 is 11.9 Å². The number of aromatic carboxylic acids is 2. The van der Waals surface area contributed by atoms with Crippen molar-refractivity contribution >= 4 is 64.9 Å². The van der Waals surface area contributed by atoms with Crippen molar-refractivity contribution in [3.8, 4) is 34.5 Å². The second kappa shape index (κ2) is 33.1. The molecule has 0 heterocycles. The van der Waals surface area contributed by atoms with Crippen LogP contribution in [0.3, 0.4) is 0 Å². The first-order valence-corrected chi connectivity index (χ1v) is 32.5. The maximum Gasteiger partial charge on any atom is 0.335 e. The summed E-state index contributed by atoms with van der Waals surface area (Å²) in [4.78, 5) is 40.2. The van der Waals surface area contributed by atoms with Crippen molar-refractivity contribution in [3.05, 3.63) is 144 Å². The number of carbonyl (C=O) groups is 3. The molecule has 84 heavy (non-hydrogen) atoms.